The Bertz CT molecular complexity index is 692. The normalized spacial score (nSPS) is 26.2. The number of carbonyl (C=O) groups excluding carboxylic acids is 1. The second-order valence-electron chi connectivity index (χ2n) is 6.42. The fraction of sp³-hybridized carbons (Fsp3) is 0.389. The van der Waals surface area contributed by atoms with Crippen LogP contribution in [0, 0.1) is 5.92 Å². The average Bonchev–Trinajstić information content (AvgIpc) is 3.12. The number of carbonyl (C=O) groups is 1. The highest BCUT2D eigenvalue weighted by atomic mass is 32.1. The number of rotatable bonds is 3. The van der Waals surface area contributed by atoms with Crippen LogP contribution in [0.2, 0.25) is 0 Å². The molecule has 5 rings (SSSR count). The number of nitrogen functional groups attached to an aromatic ring is 1. The molecule has 1 aromatic carbocycles. The first-order chi connectivity index (χ1) is 11.2. The predicted octanol–water partition coefficient (Wildman–Crippen LogP) is 3.07. The zero-order chi connectivity index (χ0) is 15.8. The number of nitrogens with two attached hydrogens (primary N) is 1. The minimum atomic E-state index is 0.0802. The number of benzene rings is 1. The van der Waals surface area contributed by atoms with Crippen molar-refractivity contribution in [3.05, 3.63) is 46.7 Å². The van der Waals surface area contributed by atoms with Crippen LogP contribution in [0.5, 0.6) is 0 Å². The third-order valence-electron chi connectivity index (χ3n) is 5.10. The Morgan fingerprint density at radius 3 is 2.57 bits per heavy atom. The summed E-state index contributed by atoms with van der Waals surface area (Å²) in [7, 11) is 0. The fourth-order valence-corrected chi connectivity index (χ4v) is 4.55. The van der Waals surface area contributed by atoms with Crippen molar-refractivity contribution in [1.29, 1.82) is 0 Å². The highest BCUT2D eigenvalue weighted by molar-refractivity contribution is 7.12. The Morgan fingerprint density at radius 2 is 1.96 bits per heavy atom. The van der Waals surface area contributed by atoms with Crippen molar-refractivity contribution in [2.75, 3.05) is 30.3 Å². The summed E-state index contributed by atoms with van der Waals surface area (Å²) in [4.78, 5) is 18.4. The Labute approximate surface area is 140 Å². The number of piperidine rings is 3. The van der Waals surface area contributed by atoms with E-state index < -0.39 is 0 Å². The van der Waals surface area contributed by atoms with Gasteiger partial charge in [0.25, 0.3) is 5.91 Å². The van der Waals surface area contributed by atoms with E-state index in [1.807, 2.05) is 46.7 Å². The largest absolute Gasteiger partial charge is 0.397 e. The topological polar surface area (TPSA) is 49.6 Å². The van der Waals surface area contributed by atoms with Crippen molar-refractivity contribution in [2.24, 2.45) is 5.92 Å². The van der Waals surface area contributed by atoms with Crippen molar-refractivity contribution < 1.29 is 4.79 Å². The summed E-state index contributed by atoms with van der Waals surface area (Å²) >= 11 is 1.50. The van der Waals surface area contributed by atoms with Gasteiger partial charge in [-0.25, -0.2) is 0 Å². The quantitative estimate of drug-likeness (QED) is 0.882. The lowest BCUT2D eigenvalue weighted by Crippen LogP contribution is -2.59. The minimum absolute atomic E-state index is 0.0802. The van der Waals surface area contributed by atoms with E-state index in [4.69, 9.17) is 5.73 Å². The molecule has 0 spiro atoms. The number of hydrogen-bond donors (Lipinski definition) is 1. The van der Waals surface area contributed by atoms with Gasteiger partial charge in [0, 0.05) is 6.54 Å². The molecule has 23 heavy (non-hydrogen) atoms. The van der Waals surface area contributed by atoms with Crippen molar-refractivity contribution in [3.63, 3.8) is 0 Å². The third kappa shape index (κ3) is 2.64. The van der Waals surface area contributed by atoms with Crippen LogP contribution in [0.3, 0.4) is 0 Å². The second-order valence-corrected chi connectivity index (χ2v) is 7.36. The molecule has 5 heteroatoms. The van der Waals surface area contributed by atoms with E-state index in [-0.39, 0.29) is 11.9 Å². The zero-order valence-electron chi connectivity index (χ0n) is 13.0. The molecule has 0 radical (unpaired) electrons. The number of amides is 1. The van der Waals surface area contributed by atoms with Gasteiger partial charge in [-0.3, -0.25) is 4.79 Å². The number of nitrogens with zero attached hydrogens (tertiary/aromatic N) is 2. The van der Waals surface area contributed by atoms with Gasteiger partial charge in [0.15, 0.2) is 0 Å². The molecule has 4 nitrogen and oxygen atoms in total. The Hall–Kier alpha value is -1.85. The van der Waals surface area contributed by atoms with Gasteiger partial charge in [0.1, 0.15) is 0 Å². The molecular formula is C18H21N3OS. The van der Waals surface area contributed by atoms with Gasteiger partial charge in [-0.05, 0) is 55.4 Å². The van der Waals surface area contributed by atoms with Crippen molar-refractivity contribution in [1.82, 2.24) is 4.90 Å². The molecule has 120 valence electrons. The maximum atomic E-state index is 13.2. The lowest BCUT2D eigenvalue weighted by atomic mass is 9.82. The summed E-state index contributed by atoms with van der Waals surface area (Å²) < 4.78 is 0. The first-order valence-electron chi connectivity index (χ1n) is 8.18. The molecule has 4 heterocycles. The Kier molecular flexibility index (Phi) is 3.83. The smallest absolute Gasteiger partial charge is 0.268 e. The molecule has 3 aliphatic heterocycles. The average molecular weight is 327 g/mol. The van der Waals surface area contributed by atoms with Crippen LogP contribution >= 0.6 is 11.3 Å². The van der Waals surface area contributed by atoms with Crippen LogP contribution < -0.4 is 10.6 Å². The van der Waals surface area contributed by atoms with E-state index in [1.54, 1.807) is 0 Å². The van der Waals surface area contributed by atoms with Crippen molar-refractivity contribution >= 4 is 28.6 Å². The molecule has 2 bridgehead atoms. The molecule has 1 amide bonds. The van der Waals surface area contributed by atoms with Gasteiger partial charge in [-0.1, -0.05) is 18.2 Å². The maximum absolute atomic E-state index is 13.2. The van der Waals surface area contributed by atoms with Gasteiger partial charge in [0.05, 0.1) is 22.3 Å². The summed E-state index contributed by atoms with van der Waals surface area (Å²) in [6.07, 6.45) is 2.34. The van der Waals surface area contributed by atoms with Gasteiger partial charge in [-0.15, -0.1) is 11.3 Å². The summed E-state index contributed by atoms with van der Waals surface area (Å²) in [6, 6.07) is 11.8. The number of anilines is 2. The molecule has 0 saturated carbocycles. The molecule has 3 aliphatic rings. The summed E-state index contributed by atoms with van der Waals surface area (Å²) in [5.41, 5.74) is 7.74. The van der Waals surface area contributed by atoms with E-state index >= 15 is 0 Å². The lowest BCUT2D eigenvalue weighted by Gasteiger charge is -2.49. The van der Waals surface area contributed by atoms with Gasteiger partial charge < -0.3 is 15.5 Å². The highest BCUT2D eigenvalue weighted by Crippen LogP contribution is 2.36. The van der Waals surface area contributed by atoms with Crippen molar-refractivity contribution in [3.8, 4) is 0 Å². The maximum Gasteiger partial charge on any atom is 0.268 e. The van der Waals surface area contributed by atoms with E-state index in [1.165, 1.54) is 24.2 Å². The van der Waals surface area contributed by atoms with Crippen molar-refractivity contribution in [2.45, 2.75) is 18.9 Å². The monoisotopic (exact) mass is 327 g/mol. The number of hydrogen-bond acceptors (Lipinski definition) is 4. The van der Waals surface area contributed by atoms with E-state index in [0.29, 0.717) is 11.6 Å². The third-order valence-corrected chi connectivity index (χ3v) is 5.96. The fourth-order valence-electron chi connectivity index (χ4n) is 3.89. The molecular weight excluding hydrogens is 306 g/mol. The van der Waals surface area contributed by atoms with Crippen LogP contribution in [0.25, 0.3) is 0 Å². The molecule has 1 aromatic heterocycles. The SMILES string of the molecule is Nc1ccccc1N(C(=O)c1cccs1)[C@H]1CN2CCC1CC2. The van der Waals surface area contributed by atoms with Crippen LogP contribution in [0.4, 0.5) is 11.4 Å². The first-order valence-corrected chi connectivity index (χ1v) is 9.06. The number of fused-ring (bicyclic) bond motifs is 3. The molecule has 3 saturated heterocycles. The summed E-state index contributed by atoms with van der Waals surface area (Å²) in [6.45, 7) is 3.27. The zero-order valence-corrected chi connectivity index (χ0v) is 13.8. The van der Waals surface area contributed by atoms with E-state index in [0.717, 1.165) is 30.2 Å². The minimum Gasteiger partial charge on any atom is -0.397 e. The Balaban J connectivity index is 1.75. The lowest BCUT2D eigenvalue weighted by molar-refractivity contribution is 0.0736. The summed E-state index contributed by atoms with van der Waals surface area (Å²) in [5.74, 6) is 0.653. The first kappa shape index (κ1) is 14.7. The number of thiophene rings is 1. The van der Waals surface area contributed by atoms with Crippen LogP contribution in [0.1, 0.15) is 22.5 Å². The molecule has 0 aliphatic carbocycles. The van der Waals surface area contributed by atoms with E-state index in [2.05, 4.69) is 4.90 Å². The van der Waals surface area contributed by atoms with E-state index in [9.17, 15) is 4.79 Å². The predicted molar refractivity (Wildman–Crippen MR) is 94.9 cm³/mol. The standard InChI is InChI=1S/C18H21N3OS/c19-14-4-1-2-5-15(14)21(18(22)17-6-3-11-23-17)16-12-20-9-7-13(16)8-10-20/h1-6,11,13,16H,7-10,12,19H2/t16-/m0/s1. The van der Waals surface area contributed by atoms with Gasteiger partial charge >= 0.3 is 0 Å². The molecule has 0 unspecified atom stereocenters. The van der Waals surface area contributed by atoms with Gasteiger partial charge in [-0.2, -0.15) is 0 Å². The number of para-hydroxylation sites is 2. The highest BCUT2D eigenvalue weighted by Gasteiger charge is 2.40. The summed E-state index contributed by atoms with van der Waals surface area (Å²) in [5, 5.41) is 1.95. The molecule has 1 atom stereocenters. The Morgan fingerprint density at radius 1 is 1.17 bits per heavy atom. The molecule has 2 aromatic rings. The van der Waals surface area contributed by atoms with Crippen LogP contribution in [-0.4, -0.2) is 36.5 Å². The van der Waals surface area contributed by atoms with Crippen LogP contribution in [0.15, 0.2) is 41.8 Å². The van der Waals surface area contributed by atoms with Crippen LogP contribution in [-0.2, 0) is 0 Å². The molecule has 2 N–H and O–H groups in total. The van der Waals surface area contributed by atoms with Gasteiger partial charge in [0.2, 0.25) is 0 Å². The second kappa shape index (κ2) is 5.98. The molecule has 3 fully saturated rings.